The predicted octanol–water partition coefficient (Wildman–Crippen LogP) is 3.73. The molecule has 0 radical (unpaired) electrons. The second kappa shape index (κ2) is 8.30. The average Bonchev–Trinajstić information content (AvgIpc) is 2.97. The van der Waals surface area contributed by atoms with Crippen LogP contribution in [-0.4, -0.2) is 21.2 Å². The van der Waals surface area contributed by atoms with Crippen molar-refractivity contribution in [2.45, 2.75) is 19.5 Å². The summed E-state index contributed by atoms with van der Waals surface area (Å²) in [6.07, 6.45) is -3.18. The summed E-state index contributed by atoms with van der Waals surface area (Å²) in [5.41, 5.74) is 4.60. The Morgan fingerprint density at radius 2 is 1.86 bits per heavy atom. The van der Waals surface area contributed by atoms with Crippen molar-refractivity contribution in [2.75, 3.05) is 0 Å². The highest BCUT2D eigenvalue weighted by Crippen LogP contribution is 2.37. The average molecular weight is 428 g/mol. The number of hydrogen-bond acceptors (Lipinski definition) is 6. The van der Waals surface area contributed by atoms with E-state index in [-0.39, 0.29) is 33.5 Å². The third-order valence-electron chi connectivity index (χ3n) is 3.41. The van der Waals surface area contributed by atoms with Gasteiger partial charge in [-0.25, -0.2) is 4.99 Å². The normalized spacial score (nSPS) is 12.6. The number of alkyl halides is 3. The van der Waals surface area contributed by atoms with Crippen molar-refractivity contribution in [1.29, 1.82) is 10.5 Å². The van der Waals surface area contributed by atoms with E-state index in [0.717, 1.165) is 16.9 Å². The van der Waals surface area contributed by atoms with E-state index in [1.807, 2.05) is 0 Å². The SMILES string of the molecule is Cc1nn(-c2c(Cl)cc(C(F)(F)F)cc2Cl)nc1C/C=N\C(C#N)=C(/N)C#N. The molecule has 0 bridgehead atoms. The van der Waals surface area contributed by atoms with Crippen LogP contribution in [-0.2, 0) is 12.6 Å². The zero-order chi connectivity index (χ0) is 21.1. The molecule has 0 saturated carbocycles. The van der Waals surface area contributed by atoms with Crippen LogP contribution < -0.4 is 5.73 Å². The zero-order valence-electron chi connectivity index (χ0n) is 14.1. The van der Waals surface area contributed by atoms with Crippen LogP contribution >= 0.6 is 23.2 Å². The second-order valence-electron chi connectivity index (χ2n) is 5.31. The van der Waals surface area contributed by atoms with Crippen molar-refractivity contribution in [3.63, 3.8) is 0 Å². The van der Waals surface area contributed by atoms with Crippen LogP contribution in [0.3, 0.4) is 0 Å². The molecule has 0 aliphatic carbocycles. The van der Waals surface area contributed by atoms with Gasteiger partial charge in [0.1, 0.15) is 23.5 Å². The summed E-state index contributed by atoms with van der Waals surface area (Å²) in [5.74, 6) is 0. The molecule has 0 fully saturated rings. The van der Waals surface area contributed by atoms with Gasteiger partial charge in [0.25, 0.3) is 0 Å². The number of aromatic nitrogens is 3. The summed E-state index contributed by atoms with van der Waals surface area (Å²) in [4.78, 5) is 4.82. The third-order valence-corrected chi connectivity index (χ3v) is 3.98. The van der Waals surface area contributed by atoms with Crippen LogP contribution in [0.2, 0.25) is 10.0 Å². The monoisotopic (exact) mass is 427 g/mol. The highest BCUT2D eigenvalue weighted by atomic mass is 35.5. The Bertz CT molecular complexity index is 1030. The Morgan fingerprint density at radius 1 is 1.25 bits per heavy atom. The standard InChI is InChI=1S/C16H10Cl2F3N7/c1-8-13(2-3-25-14(7-23)12(24)6-22)27-28(26-8)15-10(17)4-9(5-11(15)18)16(19,20)21/h3-5H,2,24H2,1H3/b14-12-,25-3-. The first-order valence-electron chi connectivity index (χ1n) is 7.40. The highest BCUT2D eigenvalue weighted by Gasteiger charge is 2.32. The van der Waals surface area contributed by atoms with Gasteiger partial charge in [-0.1, -0.05) is 23.2 Å². The first kappa shape index (κ1) is 21.2. The molecule has 2 N–H and O–H groups in total. The van der Waals surface area contributed by atoms with Crippen LogP contribution in [0, 0.1) is 29.6 Å². The Balaban J connectivity index is 2.36. The highest BCUT2D eigenvalue weighted by molar-refractivity contribution is 6.37. The fraction of sp³-hybridized carbons (Fsp3) is 0.188. The molecule has 2 aromatic rings. The van der Waals surface area contributed by atoms with Crippen molar-refractivity contribution < 1.29 is 13.2 Å². The lowest BCUT2D eigenvalue weighted by molar-refractivity contribution is -0.137. The largest absolute Gasteiger partial charge is 0.416 e. The van der Waals surface area contributed by atoms with Crippen LogP contribution in [0.4, 0.5) is 13.2 Å². The van der Waals surface area contributed by atoms with E-state index in [0.29, 0.717) is 11.4 Å². The molecule has 0 unspecified atom stereocenters. The zero-order valence-corrected chi connectivity index (χ0v) is 15.6. The lowest BCUT2D eigenvalue weighted by Gasteiger charge is -2.11. The molecule has 28 heavy (non-hydrogen) atoms. The summed E-state index contributed by atoms with van der Waals surface area (Å²) in [7, 11) is 0. The van der Waals surface area contributed by atoms with Crippen molar-refractivity contribution in [2.24, 2.45) is 10.7 Å². The quantitative estimate of drug-likeness (QED) is 0.588. The lowest BCUT2D eigenvalue weighted by Crippen LogP contribution is -2.08. The van der Waals surface area contributed by atoms with Gasteiger partial charge in [-0.15, -0.1) is 4.80 Å². The molecule has 7 nitrogen and oxygen atoms in total. The molecular weight excluding hydrogens is 418 g/mol. The van der Waals surface area contributed by atoms with Gasteiger partial charge in [0, 0.05) is 12.6 Å². The molecule has 2 rings (SSSR count). The van der Waals surface area contributed by atoms with Crippen LogP contribution in [0.15, 0.2) is 28.5 Å². The smallest absolute Gasteiger partial charge is 0.388 e. The van der Waals surface area contributed by atoms with Gasteiger partial charge in [0.05, 0.1) is 27.0 Å². The minimum Gasteiger partial charge on any atom is -0.388 e. The van der Waals surface area contributed by atoms with Crippen molar-refractivity contribution in [3.8, 4) is 17.8 Å². The topological polar surface area (TPSA) is 117 Å². The summed E-state index contributed by atoms with van der Waals surface area (Å²) < 4.78 is 38.5. The van der Waals surface area contributed by atoms with Gasteiger partial charge >= 0.3 is 6.18 Å². The maximum absolute atomic E-state index is 12.8. The minimum absolute atomic E-state index is 0.00560. The van der Waals surface area contributed by atoms with Crippen LogP contribution in [0.25, 0.3) is 5.69 Å². The summed E-state index contributed by atoms with van der Waals surface area (Å²) in [6, 6.07) is 4.76. The van der Waals surface area contributed by atoms with Crippen LogP contribution in [0.1, 0.15) is 17.0 Å². The van der Waals surface area contributed by atoms with Crippen LogP contribution in [0.5, 0.6) is 0 Å². The summed E-state index contributed by atoms with van der Waals surface area (Å²) in [6.45, 7) is 1.61. The molecule has 0 saturated heterocycles. The minimum atomic E-state index is -4.60. The number of nitriles is 2. The number of halogens is 5. The Hall–Kier alpha value is -3.08. The molecule has 0 aliphatic rings. The first-order valence-corrected chi connectivity index (χ1v) is 8.16. The fourth-order valence-electron chi connectivity index (χ4n) is 2.05. The molecule has 1 aromatic heterocycles. The van der Waals surface area contributed by atoms with Gasteiger partial charge < -0.3 is 5.73 Å². The predicted molar refractivity (Wildman–Crippen MR) is 95.8 cm³/mol. The van der Waals surface area contributed by atoms with E-state index in [1.54, 1.807) is 19.1 Å². The number of benzene rings is 1. The second-order valence-corrected chi connectivity index (χ2v) is 6.12. The van der Waals surface area contributed by atoms with Gasteiger partial charge in [-0.2, -0.15) is 33.9 Å². The fourth-order valence-corrected chi connectivity index (χ4v) is 2.69. The first-order chi connectivity index (χ1) is 13.1. The molecule has 1 aromatic carbocycles. The molecular formula is C16H10Cl2F3N7. The molecule has 0 amide bonds. The molecule has 1 heterocycles. The molecule has 0 atom stereocenters. The van der Waals surface area contributed by atoms with E-state index in [1.165, 1.54) is 6.21 Å². The number of nitrogens with two attached hydrogens (primary N) is 1. The van der Waals surface area contributed by atoms with Crippen molar-refractivity contribution in [1.82, 2.24) is 15.0 Å². The molecule has 144 valence electrons. The van der Waals surface area contributed by atoms with E-state index in [9.17, 15) is 13.2 Å². The van der Waals surface area contributed by atoms with Crippen molar-refractivity contribution >= 4 is 29.4 Å². The van der Waals surface area contributed by atoms with E-state index >= 15 is 0 Å². The summed E-state index contributed by atoms with van der Waals surface area (Å²) in [5, 5.41) is 25.3. The maximum atomic E-state index is 12.8. The van der Waals surface area contributed by atoms with E-state index in [2.05, 4.69) is 15.2 Å². The molecule has 12 heteroatoms. The Morgan fingerprint density at radius 3 is 2.36 bits per heavy atom. The Labute approximate surface area is 167 Å². The lowest BCUT2D eigenvalue weighted by atomic mass is 10.2. The molecule has 0 spiro atoms. The number of aryl methyl sites for hydroxylation is 1. The van der Waals surface area contributed by atoms with Gasteiger partial charge in [-0.05, 0) is 19.1 Å². The van der Waals surface area contributed by atoms with Crippen molar-refractivity contribution in [3.05, 3.63) is 50.5 Å². The van der Waals surface area contributed by atoms with E-state index in [4.69, 9.17) is 39.5 Å². The van der Waals surface area contributed by atoms with Gasteiger partial charge in [0.2, 0.25) is 0 Å². The number of hydrogen-bond donors (Lipinski definition) is 1. The van der Waals surface area contributed by atoms with Gasteiger partial charge in [-0.3, -0.25) is 0 Å². The van der Waals surface area contributed by atoms with E-state index < -0.39 is 11.7 Å². The number of rotatable bonds is 4. The number of aliphatic imine (C=N–C) groups is 1. The Kier molecular flexibility index (Phi) is 6.29. The number of nitrogens with zero attached hydrogens (tertiary/aromatic N) is 6. The summed E-state index contributed by atoms with van der Waals surface area (Å²) >= 11 is 11.9. The third kappa shape index (κ3) is 4.60. The number of allylic oxidation sites excluding steroid dienone is 2. The van der Waals surface area contributed by atoms with Gasteiger partial charge in [0.15, 0.2) is 5.70 Å². The molecule has 0 aliphatic heterocycles. The maximum Gasteiger partial charge on any atom is 0.416 e.